The van der Waals surface area contributed by atoms with Crippen LogP contribution in [0.5, 0.6) is 0 Å². The molecule has 1 amide bonds. The molecule has 2 N–H and O–H groups in total. The van der Waals surface area contributed by atoms with E-state index in [9.17, 15) is 4.79 Å². The van der Waals surface area contributed by atoms with E-state index in [0.29, 0.717) is 18.1 Å². The predicted molar refractivity (Wildman–Crippen MR) is 114 cm³/mol. The van der Waals surface area contributed by atoms with Crippen molar-refractivity contribution < 1.29 is 9.53 Å². The lowest BCUT2D eigenvalue weighted by molar-refractivity contribution is 0.0975. The number of hydrogen-bond acceptors (Lipinski definition) is 3. The Morgan fingerprint density at radius 1 is 1.18 bits per heavy atom. The number of guanidine groups is 1. The van der Waals surface area contributed by atoms with Crippen molar-refractivity contribution in [2.45, 2.75) is 46.1 Å². The molecule has 0 aromatic heterocycles. The van der Waals surface area contributed by atoms with E-state index < -0.39 is 0 Å². The lowest BCUT2D eigenvalue weighted by atomic mass is 10.1. The molecular formula is C23H29N3O2. The van der Waals surface area contributed by atoms with Gasteiger partial charge in [-0.05, 0) is 68.0 Å². The van der Waals surface area contributed by atoms with E-state index in [4.69, 9.17) is 4.74 Å². The van der Waals surface area contributed by atoms with Gasteiger partial charge in [0.15, 0.2) is 0 Å². The van der Waals surface area contributed by atoms with E-state index in [1.807, 2.05) is 36.4 Å². The normalized spacial score (nSPS) is 16.8. The first-order valence-electron chi connectivity index (χ1n) is 9.96. The van der Waals surface area contributed by atoms with Gasteiger partial charge in [0.25, 0.3) is 5.91 Å². The van der Waals surface area contributed by atoms with Crippen molar-refractivity contribution in [3.63, 3.8) is 0 Å². The van der Waals surface area contributed by atoms with Crippen LogP contribution < -0.4 is 10.6 Å². The second kappa shape index (κ2) is 9.51. The summed E-state index contributed by atoms with van der Waals surface area (Å²) in [7, 11) is 0. The fraction of sp³-hybridized carbons (Fsp3) is 0.391. The summed E-state index contributed by atoms with van der Waals surface area (Å²) in [5.41, 5.74) is 5.08. The number of aliphatic imine (C=N–C) groups is 1. The van der Waals surface area contributed by atoms with Crippen molar-refractivity contribution >= 4 is 17.6 Å². The second-order valence-electron chi connectivity index (χ2n) is 7.20. The Morgan fingerprint density at radius 3 is 2.64 bits per heavy atom. The number of benzene rings is 2. The number of carbonyl (C=O) groups excluding carboxylic acids is 1. The number of carbonyl (C=O) groups is 1. The van der Waals surface area contributed by atoms with Gasteiger partial charge < -0.3 is 10.1 Å². The largest absolute Gasteiger partial charge is 0.376 e. The molecule has 5 heteroatoms. The van der Waals surface area contributed by atoms with Crippen molar-refractivity contribution in [3.05, 3.63) is 64.7 Å². The van der Waals surface area contributed by atoms with Crippen LogP contribution in [0.2, 0.25) is 0 Å². The van der Waals surface area contributed by atoms with Gasteiger partial charge >= 0.3 is 0 Å². The van der Waals surface area contributed by atoms with Crippen LogP contribution in [0.25, 0.3) is 0 Å². The molecule has 1 fully saturated rings. The SMILES string of the molecule is CCc1ccc(C(=O)NC(=NCC2CCCO2)Nc2cccc(C)c2C)cc1. The molecule has 5 nitrogen and oxygen atoms in total. The maximum atomic E-state index is 12.7. The maximum Gasteiger partial charge on any atom is 0.257 e. The summed E-state index contributed by atoms with van der Waals surface area (Å²) in [6.07, 6.45) is 3.14. The molecule has 0 spiro atoms. The zero-order chi connectivity index (χ0) is 19.9. The van der Waals surface area contributed by atoms with Gasteiger partial charge in [0.2, 0.25) is 5.96 Å². The van der Waals surface area contributed by atoms with Crippen molar-refractivity contribution in [2.75, 3.05) is 18.5 Å². The molecule has 1 atom stereocenters. The average molecular weight is 380 g/mol. The Morgan fingerprint density at radius 2 is 1.96 bits per heavy atom. The van der Waals surface area contributed by atoms with Gasteiger partial charge in [-0.25, -0.2) is 4.99 Å². The Labute approximate surface area is 167 Å². The number of anilines is 1. The standard InChI is InChI=1S/C23H29N3O2/c1-4-18-10-12-19(13-11-18)22(27)26-23(24-15-20-8-6-14-28-20)25-21-9-5-7-16(2)17(21)3/h5,7,9-13,20H,4,6,8,14-15H2,1-3H3,(H2,24,25,26,27). The van der Waals surface area contributed by atoms with E-state index >= 15 is 0 Å². The second-order valence-corrected chi connectivity index (χ2v) is 7.20. The molecule has 1 saturated heterocycles. The van der Waals surface area contributed by atoms with Crippen LogP contribution in [0.3, 0.4) is 0 Å². The summed E-state index contributed by atoms with van der Waals surface area (Å²) in [5, 5.41) is 6.23. The van der Waals surface area contributed by atoms with E-state index in [1.165, 1.54) is 11.1 Å². The molecule has 2 aromatic rings. The third kappa shape index (κ3) is 5.20. The molecule has 1 aliphatic heterocycles. The first-order valence-corrected chi connectivity index (χ1v) is 9.96. The molecule has 1 aliphatic rings. The minimum absolute atomic E-state index is 0.121. The zero-order valence-corrected chi connectivity index (χ0v) is 16.9. The van der Waals surface area contributed by atoms with E-state index in [2.05, 4.69) is 42.5 Å². The smallest absolute Gasteiger partial charge is 0.257 e. The quantitative estimate of drug-likeness (QED) is 0.603. The number of ether oxygens (including phenoxy) is 1. The predicted octanol–water partition coefficient (Wildman–Crippen LogP) is 4.24. The first kappa shape index (κ1) is 20.1. The van der Waals surface area contributed by atoms with Gasteiger partial charge in [-0.15, -0.1) is 0 Å². The van der Waals surface area contributed by atoms with Gasteiger partial charge in [0.05, 0.1) is 12.6 Å². The molecular weight excluding hydrogens is 350 g/mol. The molecule has 2 aromatic carbocycles. The third-order valence-corrected chi connectivity index (χ3v) is 5.19. The lowest BCUT2D eigenvalue weighted by Crippen LogP contribution is -2.37. The number of aryl methyl sites for hydroxylation is 2. The van der Waals surface area contributed by atoms with Crippen molar-refractivity contribution in [1.29, 1.82) is 0 Å². The van der Waals surface area contributed by atoms with E-state index in [-0.39, 0.29) is 12.0 Å². The summed E-state index contributed by atoms with van der Waals surface area (Å²) in [4.78, 5) is 17.3. The molecule has 148 valence electrons. The molecule has 0 aliphatic carbocycles. The van der Waals surface area contributed by atoms with E-state index in [1.54, 1.807) is 0 Å². The zero-order valence-electron chi connectivity index (χ0n) is 16.9. The Hall–Kier alpha value is -2.66. The molecule has 0 bridgehead atoms. The topological polar surface area (TPSA) is 62.7 Å². The summed E-state index contributed by atoms with van der Waals surface area (Å²) >= 11 is 0. The highest BCUT2D eigenvalue weighted by atomic mass is 16.5. The fourth-order valence-corrected chi connectivity index (χ4v) is 3.18. The average Bonchev–Trinajstić information content (AvgIpc) is 3.23. The minimum atomic E-state index is -0.174. The minimum Gasteiger partial charge on any atom is -0.376 e. The summed E-state index contributed by atoms with van der Waals surface area (Å²) < 4.78 is 5.66. The number of rotatable bonds is 5. The molecule has 1 unspecified atom stereocenters. The van der Waals surface area contributed by atoms with Crippen LogP contribution in [0.1, 0.15) is 46.8 Å². The van der Waals surface area contributed by atoms with Crippen LogP contribution in [0.15, 0.2) is 47.5 Å². The summed E-state index contributed by atoms with van der Waals surface area (Å²) in [5.74, 6) is 0.278. The highest BCUT2D eigenvalue weighted by Crippen LogP contribution is 2.18. The van der Waals surface area contributed by atoms with Crippen molar-refractivity contribution in [3.8, 4) is 0 Å². The number of nitrogens with one attached hydrogen (secondary N) is 2. The van der Waals surface area contributed by atoms with Crippen LogP contribution in [-0.2, 0) is 11.2 Å². The number of amides is 1. The Balaban J connectivity index is 1.77. The van der Waals surface area contributed by atoms with Crippen LogP contribution >= 0.6 is 0 Å². The Bertz CT molecular complexity index is 837. The van der Waals surface area contributed by atoms with Gasteiger partial charge in [-0.1, -0.05) is 31.2 Å². The van der Waals surface area contributed by atoms with Crippen molar-refractivity contribution in [2.24, 2.45) is 4.99 Å². The van der Waals surface area contributed by atoms with Gasteiger partial charge in [-0.3, -0.25) is 10.1 Å². The summed E-state index contributed by atoms with van der Waals surface area (Å²) in [6, 6.07) is 13.7. The monoisotopic (exact) mass is 379 g/mol. The summed E-state index contributed by atoms with van der Waals surface area (Å²) in [6.45, 7) is 7.54. The van der Waals surface area contributed by atoms with Crippen LogP contribution in [0.4, 0.5) is 5.69 Å². The Kier molecular flexibility index (Phi) is 6.82. The van der Waals surface area contributed by atoms with Gasteiger partial charge in [0, 0.05) is 17.9 Å². The first-order chi connectivity index (χ1) is 13.6. The molecule has 0 radical (unpaired) electrons. The fourth-order valence-electron chi connectivity index (χ4n) is 3.18. The van der Waals surface area contributed by atoms with Gasteiger partial charge in [-0.2, -0.15) is 0 Å². The van der Waals surface area contributed by atoms with Crippen LogP contribution in [0, 0.1) is 13.8 Å². The maximum absolute atomic E-state index is 12.7. The molecule has 0 saturated carbocycles. The number of nitrogens with zero attached hydrogens (tertiary/aromatic N) is 1. The molecule has 28 heavy (non-hydrogen) atoms. The van der Waals surface area contributed by atoms with Crippen molar-refractivity contribution in [1.82, 2.24) is 5.32 Å². The highest BCUT2D eigenvalue weighted by Gasteiger charge is 2.16. The lowest BCUT2D eigenvalue weighted by Gasteiger charge is -2.16. The van der Waals surface area contributed by atoms with E-state index in [0.717, 1.165) is 37.1 Å². The highest BCUT2D eigenvalue weighted by molar-refractivity contribution is 6.10. The molecule has 1 heterocycles. The van der Waals surface area contributed by atoms with Crippen LogP contribution in [-0.4, -0.2) is 31.1 Å². The third-order valence-electron chi connectivity index (χ3n) is 5.19. The van der Waals surface area contributed by atoms with Gasteiger partial charge in [0.1, 0.15) is 0 Å². The number of hydrogen-bond donors (Lipinski definition) is 2. The molecule has 3 rings (SSSR count).